The summed E-state index contributed by atoms with van der Waals surface area (Å²) in [5.41, 5.74) is 0. The Hall–Kier alpha value is -0.570. The predicted molar refractivity (Wildman–Crippen MR) is 76.9 cm³/mol. The highest BCUT2D eigenvalue weighted by molar-refractivity contribution is 5.76. The van der Waals surface area contributed by atoms with Crippen LogP contribution in [0.5, 0.6) is 0 Å². The number of nitrogens with zero attached hydrogens (tertiary/aromatic N) is 1. The van der Waals surface area contributed by atoms with Gasteiger partial charge in [0.1, 0.15) is 0 Å². The molecule has 0 aromatic heterocycles. The topological polar surface area (TPSA) is 40.5 Å². The minimum atomic E-state index is 0.0846. The Balaban J connectivity index is 1.79. The van der Waals surface area contributed by atoms with Crippen LogP contribution in [0.2, 0.25) is 0 Å². The third-order valence-corrected chi connectivity index (χ3v) is 4.90. The molecule has 1 amide bonds. The van der Waals surface area contributed by atoms with Gasteiger partial charge in [0.2, 0.25) is 5.91 Å². The second-order valence-corrected chi connectivity index (χ2v) is 6.32. The van der Waals surface area contributed by atoms with E-state index in [1.165, 1.54) is 38.5 Å². The summed E-state index contributed by atoms with van der Waals surface area (Å²) < 4.78 is 0. The van der Waals surface area contributed by atoms with Gasteiger partial charge >= 0.3 is 0 Å². The Morgan fingerprint density at radius 2 is 1.68 bits per heavy atom. The molecule has 1 N–H and O–H groups in total. The van der Waals surface area contributed by atoms with Gasteiger partial charge in [0, 0.05) is 13.0 Å². The zero-order chi connectivity index (χ0) is 13.5. The number of carbonyl (C=O) groups is 1. The van der Waals surface area contributed by atoms with Gasteiger partial charge in [0.25, 0.3) is 0 Å². The van der Waals surface area contributed by atoms with Crippen LogP contribution in [-0.2, 0) is 4.79 Å². The van der Waals surface area contributed by atoms with Crippen molar-refractivity contribution in [2.45, 2.75) is 76.7 Å². The Morgan fingerprint density at radius 1 is 1.00 bits per heavy atom. The highest BCUT2D eigenvalue weighted by Gasteiger charge is 2.25. The molecule has 1 saturated heterocycles. The smallest absolute Gasteiger partial charge is 0.222 e. The van der Waals surface area contributed by atoms with Crippen LogP contribution in [0.1, 0.15) is 70.6 Å². The minimum absolute atomic E-state index is 0.0846. The van der Waals surface area contributed by atoms with Crippen molar-refractivity contribution in [3.63, 3.8) is 0 Å². The third kappa shape index (κ3) is 4.48. The van der Waals surface area contributed by atoms with Crippen molar-refractivity contribution in [3.8, 4) is 0 Å². The van der Waals surface area contributed by atoms with Crippen molar-refractivity contribution in [1.82, 2.24) is 4.90 Å². The molecule has 3 nitrogen and oxygen atoms in total. The molecule has 2 aliphatic rings. The normalized spacial score (nSPS) is 26.2. The summed E-state index contributed by atoms with van der Waals surface area (Å²) in [7, 11) is 0. The van der Waals surface area contributed by atoms with E-state index in [1.807, 2.05) is 4.90 Å². The number of rotatable bonds is 4. The van der Waals surface area contributed by atoms with Crippen LogP contribution in [0.25, 0.3) is 0 Å². The monoisotopic (exact) mass is 267 g/mol. The molecule has 1 heterocycles. The van der Waals surface area contributed by atoms with E-state index in [4.69, 9.17) is 0 Å². The second-order valence-electron chi connectivity index (χ2n) is 6.32. The number of hydrogen-bond donors (Lipinski definition) is 1. The minimum Gasteiger partial charge on any atom is -0.394 e. The molecule has 1 aliphatic carbocycles. The summed E-state index contributed by atoms with van der Waals surface area (Å²) in [6, 6.07) is 0.0846. The summed E-state index contributed by atoms with van der Waals surface area (Å²) >= 11 is 0. The van der Waals surface area contributed by atoms with E-state index < -0.39 is 0 Å². The van der Waals surface area contributed by atoms with Gasteiger partial charge in [0.15, 0.2) is 0 Å². The number of amides is 1. The number of aliphatic hydroxyl groups excluding tert-OH is 1. The fourth-order valence-electron chi connectivity index (χ4n) is 3.64. The molecular weight excluding hydrogens is 238 g/mol. The molecule has 1 aliphatic heterocycles. The van der Waals surface area contributed by atoms with Crippen molar-refractivity contribution in [3.05, 3.63) is 0 Å². The van der Waals surface area contributed by atoms with Gasteiger partial charge in [-0.3, -0.25) is 4.79 Å². The second kappa shape index (κ2) is 7.88. The molecule has 0 bridgehead atoms. The van der Waals surface area contributed by atoms with Crippen LogP contribution in [0.15, 0.2) is 0 Å². The highest BCUT2D eigenvalue weighted by atomic mass is 16.3. The lowest BCUT2D eigenvalue weighted by molar-refractivity contribution is -0.134. The van der Waals surface area contributed by atoms with Crippen molar-refractivity contribution >= 4 is 5.91 Å². The zero-order valence-corrected chi connectivity index (χ0v) is 12.1. The highest BCUT2D eigenvalue weighted by Crippen LogP contribution is 2.28. The number of aliphatic hydroxyl groups is 1. The SMILES string of the molecule is O=C(CCC1CCCCC1)N1CCCCCC1CO. The maximum atomic E-state index is 12.4. The first-order valence-electron chi connectivity index (χ1n) is 8.21. The van der Waals surface area contributed by atoms with E-state index in [0.717, 1.165) is 38.1 Å². The summed E-state index contributed by atoms with van der Waals surface area (Å²) in [4.78, 5) is 14.3. The lowest BCUT2D eigenvalue weighted by Gasteiger charge is -2.29. The lowest BCUT2D eigenvalue weighted by atomic mass is 9.86. The summed E-state index contributed by atoms with van der Waals surface area (Å²) in [5, 5.41) is 9.46. The van der Waals surface area contributed by atoms with Crippen LogP contribution in [0, 0.1) is 5.92 Å². The van der Waals surface area contributed by atoms with Crippen LogP contribution < -0.4 is 0 Å². The molecule has 1 unspecified atom stereocenters. The average Bonchev–Trinajstić information content (AvgIpc) is 2.71. The van der Waals surface area contributed by atoms with Gasteiger partial charge in [-0.15, -0.1) is 0 Å². The van der Waals surface area contributed by atoms with Crippen molar-refractivity contribution in [2.75, 3.05) is 13.2 Å². The summed E-state index contributed by atoms with van der Waals surface area (Å²) in [6.07, 6.45) is 12.9. The fraction of sp³-hybridized carbons (Fsp3) is 0.938. The third-order valence-electron chi connectivity index (χ3n) is 4.90. The van der Waals surface area contributed by atoms with Crippen LogP contribution in [0.3, 0.4) is 0 Å². The first-order valence-corrected chi connectivity index (χ1v) is 8.21. The summed E-state index contributed by atoms with van der Waals surface area (Å²) in [6.45, 7) is 0.990. The number of likely N-dealkylation sites (tertiary alicyclic amines) is 1. The van der Waals surface area contributed by atoms with Crippen molar-refractivity contribution in [1.29, 1.82) is 0 Å². The van der Waals surface area contributed by atoms with E-state index in [-0.39, 0.29) is 18.6 Å². The first kappa shape index (κ1) is 14.8. The molecular formula is C16H29NO2. The standard InChI is InChI=1S/C16H29NO2/c18-13-15-9-5-2-6-12-17(15)16(19)11-10-14-7-3-1-4-8-14/h14-15,18H,1-13H2. The molecule has 0 radical (unpaired) electrons. The Bertz CT molecular complexity index is 274. The van der Waals surface area contributed by atoms with Crippen LogP contribution in [0.4, 0.5) is 0 Å². The van der Waals surface area contributed by atoms with E-state index >= 15 is 0 Å². The van der Waals surface area contributed by atoms with Gasteiger partial charge < -0.3 is 10.0 Å². The Labute approximate surface area is 117 Å². The molecule has 1 atom stereocenters. The molecule has 3 heteroatoms. The quantitative estimate of drug-likeness (QED) is 0.850. The summed E-state index contributed by atoms with van der Waals surface area (Å²) in [5.74, 6) is 1.06. The molecule has 2 fully saturated rings. The number of carbonyl (C=O) groups excluding carboxylic acids is 1. The van der Waals surface area contributed by atoms with Crippen molar-refractivity contribution in [2.24, 2.45) is 5.92 Å². The van der Waals surface area contributed by atoms with Gasteiger partial charge in [-0.1, -0.05) is 44.9 Å². The Kier molecular flexibility index (Phi) is 6.15. The molecule has 19 heavy (non-hydrogen) atoms. The maximum Gasteiger partial charge on any atom is 0.222 e. The molecule has 1 saturated carbocycles. The lowest BCUT2D eigenvalue weighted by Crippen LogP contribution is -2.42. The van der Waals surface area contributed by atoms with E-state index in [9.17, 15) is 9.90 Å². The van der Waals surface area contributed by atoms with Gasteiger partial charge in [-0.25, -0.2) is 0 Å². The van der Waals surface area contributed by atoms with E-state index in [2.05, 4.69) is 0 Å². The first-order chi connectivity index (χ1) is 9.31. The van der Waals surface area contributed by atoms with Crippen LogP contribution in [-0.4, -0.2) is 35.1 Å². The predicted octanol–water partition coefficient (Wildman–Crippen LogP) is 3.11. The molecule has 0 aromatic carbocycles. The van der Waals surface area contributed by atoms with Crippen molar-refractivity contribution < 1.29 is 9.90 Å². The molecule has 2 rings (SSSR count). The zero-order valence-electron chi connectivity index (χ0n) is 12.1. The number of hydrogen-bond acceptors (Lipinski definition) is 2. The molecule has 110 valence electrons. The largest absolute Gasteiger partial charge is 0.394 e. The van der Waals surface area contributed by atoms with Crippen LogP contribution >= 0.6 is 0 Å². The van der Waals surface area contributed by atoms with E-state index in [0.29, 0.717) is 6.42 Å². The molecule has 0 aromatic rings. The van der Waals surface area contributed by atoms with Gasteiger partial charge in [-0.05, 0) is 25.2 Å². The van der Waals surface area contributed by atoms with E-state index in [1.54, 1.807) is 0 Å². The fourth-order valence-corrected chi connectivity index (χ4v) is 3.64. The maximum absolute atomic E-state index is 12.4. The Morgan fingerprint density at radius 3 is 2.42 bits per heavy atom. The molecule has 0 spiro atoms. The van der Waals surface area contributed by atoms with Gasteiger partial charge in [0.05, 0.1) is 12.6 Å². The average molecular weight is 267 g/mol. The van der Waals surface area contributed by atoms with Gasteiger partial charge in [-0.2, -0.15) is 0 Å².